The van der Waals surface area contributed by atoms with Crippen molar-refractivity contribution in [3.63, 3.8) is 0 Å². The Morgan fingerprint density at radius 1 is 1.06 bits per heavy atom. The van der Waals surface area contributed by atoms with E-state index in [4.69, 9.17) is 21.1 Å². The first kappa shape index (κ1) is 24.8. The van der Waals surface area contributed by atoms with Crippen molar-refractivity contribution in [1.82, 2.24) is 4.90 Å². The van der Waals surface area contributed by atoms with Crippen LogP contribution in [0, 0.1) is 0 Å². The van der Waals surface area contributed by atoms with Gasteiger partial charge in [-0.05, 0) is 71.1 Å². The molecule has 3 aromatic rings. The molecule has 2 aromatic carbocycles. The molecule has 1 aromatic heterocycles. The molecule has 0 atom stereocenters. The summed E-state index contributed by atoms with van der Waals surface area (Å²) in [5, 5.41) is 4.58. The molecule has 3 rings (SSSR count). The molecule has 1 amide bonds. The van der Waals surface area contributed by atoms with Crippen LogP contribution in [0.3, 0.4) is 0 Å². The topological polar surface area (TPSA) is 55.8 Å². The van der Waals surface area contributed by atoms with E-state index in [9.17, 15) is 9.59 Å². The zero-order chi connectivity index (χ0) is 23.6. The molecule has 0 aliphatic rings. The highest BCUT2D eigenvalue weighted by molar-refractivity contribution is 7.08. The van der Waals surface area contributed by atoms with Crippen LogP contribution in [-0.2, 0) is 28.9 Å². The van der Waals surface area contributed by atoms with Crippen LogP contribution in [0.5, 0.6) is 5.75 Å². The zero-order valence-corrected chi connectivity index (χ0v) is 20.5. The summed E-state index contributed by atoms with van der Waals surface area (Å²) in [5.41, 5.74) is 3.43. The first-order valence-electron chi connectivity index (χ1n) is 10.9. The van der Waals surface area contributed by atoms with Crippen molar-refractivity contribution in [3.8, 4) is 5.75 Å². The van der Waals surface area contributed by atoms with Gasteiger partial charge in [0.2, 0.25) is 5.91 Å². The van der Waals surface area contributed by atoms with Gasteiger partial charge in [-0.2, -0.15) is 11.3 Å². The van der Waals surface area contributed by atoms with Gasteiger partial charge in [0.05, 0.1) is 25.7 Å². The van der Waals surface area contributed by atoms with Crippen LogP contribution in [0.2, 0.25) is 5.02 Å². The number of halogens is 1. The summed E-state index contributed by atoms with van der Waals surface area (Å²) in [4.78, 5) is 26.7. The largest absolute Gasteiger partial charge is 0.493 e. The van der Waals surface area contributed by atoms with E-state index < -0.39 is 0 Å². The number of amides is 1. The van der Waals surface area contributed by atoms with Gasteiger partial charge in [0.1, 0.15) is 5.75 Å². The lowest BCUT2D eigenvalue weighted by atomic mass is 10.1. The van der Waals surface area contributed by atoms with E-state index in [1.54, 1.807) is 29.5 Å². The predicted molar refractivity (Wildman–Crippen MR) is 132 cm³/mol. The lowest BCUT2D eigenvalue weighted by molar-refractivity contribution is -0.131. The fraction of sp³-hybridized carbons (Fsp3) is 0.308. The van der Waals surface area contributed by atoms with Crippen molar-refractivity contribution < 1.29 is 19.1 Å². The Bertz CT molecular complexity index is 1050. The van der Waals surface area contributed by atoms with E-state index in [1.165, 1.54) is 7.11 Å². The third-order valence-electron chi connectivity index (χ3n) is 5.18. The van der Waals surface area contributed by atoms with Crippen molar-refractivity contribution in [2.24, 2.45) is 0 Å². The molecule has 1 heterocycles. The Kier molecular flexibility index (Phi) is 9.34. The molecular formula is C26H28ClNO4S. The minimum atomic E-state index is -0.366. The SMILES string of the molecule is CCCOc1ccc(Cl)cc1CN(CCc1ccc(C(=O)OC)cc1)C(=O)Cc1ccsc1. The van der Waals surface area contributed by atoms with E-state index in [2.05, 4.69) is 6.92 Å². The molecule has 0 bridgehead atoms. The second kappa shape index (κ2) is 12.4. The van der Waals surface area contributed by atoms with Gasteiger partial charge in [0.15, 0.2) is 0 Å². The number of ether oxygens (including phenoxy) is 2. The maximum Gasteiger partial charge on any atom is 0.337 e. The van der Waals surface area contributed by atoms with Crippen LogP contribution in [0.1, 0.15) is 40.4 Å². The van der Waals surface area contributed by atoms with Gasteiger partial charge < -0.3 is 14.4 Å². The van der Waals surface area contributed by atoms with E-state index >= 15 is 0 Å². The summed E-state index contributed by atoms with van der Waals surface area (Å²) in [6, 6.07) is 14.8. The van der Waals surface area contributed by atoms with Gasteiger partial charge in [-0.15, -0.1) is 0 Å². The maximum atomic E-state index is 13.2. The molecule has 0 unspecified atom stereocenters. The standard InChI is InChI=1S/C26H28ClNO4S/c1-3-13-32-24-9-8-23(27)16-22(24)17-28(25(29)15-20-11-14-33-18-20)12-10-19-4-6-21(7-5-19)26(30)31-2/h4-9,11,14,16,18H,3,10,12-13,15,17H2,1-2H3. The lowest BCUT2D eigenvalue weighted by Crippen LogP contribution is -2.33. The fourth-order valence-corrected chi connectivity index (χ4v) is 4.25. The average Bonchev–Trinajstić information content (AvgIpc) is 3.34. The second-order valence-electron chi connectivity index (χ2n) is 7.66. The molecule has 0 fully saturated rings. The number of methoxy groups -OCH3 is 1. The predicted octanol–water partition coefficient (Wildman–Crippen LogP) is 5.79. The zero-order valence-electron chi connectivity index (χ0n) is 18.9. The lowest BCUT2D eigenvalue weighted by Gasteiger charge is -2.24. The van der Waals surface area contributed by atoms with Gasteiger partial charge in [0.25, 0.3) is 0 Å². The van der Waals surface area contributed by atoms with Crippen LogP contribution >= 0.6 is 22.9 Å². The fourth-order valence-electron chi connectivity index (χ4n) is 3.39. The summed E-state index contributed by atoms with van der Waals surface area (Å²) in [7, 11) is 1.36. The highest BCUT2D eigenvalue weighted by Crippen LogP contribution is 2.25. The number of thiophene rings is 1. The van der Waals surface area contributed by atoms with Crippen LogP contribution in [0.15, 0.2) is 59.3 Å². The Labute approximate surface area is 203 Å². The maximum absolute atomic E-state index is 13.2. The van der Waals surface area contributed by atoms with E-state index in [-0.39, 0.29) is 11.9 Å². The van der Waals surface area contributed by atoms with Crippen LogP contribution in [-0.4, -0.2) is 37.0 Å². The van der Waals surface area contributed by atoms with E-state index in [0.717, 1.165) is 28.9 Å². The molecule has 0 N–H and O–H groups in total. The number of nitrogens with zero attached hydrogens (tertiary/aromatic N) is 1. The molecular weight excluding hydrogens is 458 g/mol. The van der Waals surface area contributed by atoms with Crippen LogP contribution < -0.4 is 4.74 Å². The summed E-state index contributed by atoms with van der Waals surface area (Å²) in [6.07, 6.45) is 1.89. The Balaban J connectivity index is 1.77. The third kappa shape index (κ3) is 7.34. The number of hydrogen-bond acceptors (Lipinski definition) is 5. The Morgan fingerprint density at radius 3 is 2.52 bits per heavy atom. The smallest absolute Gasteiger partial charge is 0.337 e. The highest BCUT2D eigenvalue weighted by atomic mass is 35.5. The molecule has 0 aliphatic heterocycles. The van der Waals surface area contributed by atoms with Crippen molar-refractivity contribution in [1.29, 1.82) is 0 Å². The first-order chi connectivity index (χ1) is 16.0. The number of carbonyl (C=O) groups is 2. The quantitative estimate of drug-likeness (QED) is 0.322. The van der Waals surface area contributed by atoms with Gasteiger partial charge in [-0.3, -0.25) is 4.79 Å². The summed E-state index contributed by atoms with van der Waals surface area (Å²) in [5.74, 6) is 0.424. The second-order valence-corrected chi connectivity index (χ2v) is 8.88. The van der Waals surface area contributed by atoms with E-state index in [0.29, 0.717) is 43.1 Å². The molecule has 174 valence electrons. The number of hydrogen-bond donors (Lipinski definition) is 0. The Morgan fingerprint density at radius 2 is 1.85 bits per heavy atom. The Hall–Kier alpha value is -2.83. The molecule has 0 aliphatic carbocycles. The number of rotatable bonds is 11. The molecule has 7 heteroatoms. The minimum absolute atomic E-state index is 0.0426. The highest BCUT2D eigenvalue weighted by Gasteiger charge is 2.18. The molecule has 0 saturated heterocycles. The van der Waals surface area contributed by atoms with Crippen molar-refractivity contribution >= 4 is 34.8 Å². The van der Waals surface area contributed by atoms with Gasteiger partial charge in [-0.25, -0.2) is 4.79 Å². The van der Waals surface area contributed by atoms with E-state index in [1.807, 2.05) is 46.0 Å². The van der Waals surface area contributed by atoms with Crippen LogP contribution in [0.4, 0.5) is 0 Å². The molecule has 33 heavy (non-hydrogen) atoms. The van der Waals surface area contributed by atoms with Gasteiger partial charge >= 0.3 is 5.97 Å². The van der Waals surface area contributed by atoms with Crippen molar-refractivity contribution in [2.75, 3.05) is 20.3 Å². The molecule has 0 radical (unpaired) electrons. The first-order valence-corrected chi connectivity index (χ1v) is 12.2. The summed E-state index contributed by atoms with van der Waals surface area (Å²) in [6.45, 7) is 3.59. The van der Waals surface area contributed by atoms with Crippen molar-refractivity contribution in [3.05, 3.63) is 86.6 Å². The summed E-state index contributed by atoms with van der Waals surface area (Å²) >= 11 is 7.84. The number of benzene rings is 2. The molecule has 0 saturated carbocycles. The third-order valence-corrected chi connectivity index (χ3v) is 6.15. The average molecular weight is 486 g/mol. The number of esters is 1. The van der Waals surface area contributed by atoms with Gasteiger partial charge in [-0.1, -0.05) is 30.7 Å². The normalized spacial score (nSPS) is 10.6. The van der Waals surface area contributed by atoms with Gasteiger partial charge in [0, 0.05) is 23.7 Å². The van der Waals surface area contributed by atoms with Crippen LogP contribution in [0.25, 0.3) is 0 Å². The molecule has 5 nitrogen and oxygen atoms in total. The number of carbonyl (C=O) groups excluding carboxylic acids is 2. The monoisotopic (exact) mass is 485 g/mol. The van der Waals surface area contributed by atoms with Crippen molar-refractivity contribution in [2.45, 2.75) is 32.7 Å². The minimum Gasteiger partial charge on any atom is -0.493 e. The summed E-state index contributed by atoms with van der Waals surface area (Å²) < 4.78 is 10.7. The molecule has 0 spiro atoms.